The second-order valence-electron chi connectivity index (χ2n) is 3.23. The second kappa shape index (κ2) is 4.00. The molecule has 14 heavy (non-hydrogen) atoms. The van der Waals surface area contributed by atoms with Crippen molar-refractivity contribution in [1.29, 1.82) is 0 Å². The predicted octanol–water partition coefficient (Wildman–Crippen LogP) is 2.30. The Bertz CT molecular complexity index is 385. The van der Waals surface area contributed by atoms with Crippen LogP contribution in [0.25, 0.3) is 0 Å². The van der Waals surface area contributed by atoms with E-state index in [1.807, 2.05) is 0 Å². The summed E-state index contributed by atoms with van der Waals surface area (Å²) in [6.45, 7) is 3.26. The lowest BCUT2D eigenvalue weighted by Gasteiger charge is -2.09. The molecule has 0 aliphatic rings. The van der Waals surface area contributed by atoms with E-state index in [1.165, 1.54) is 13.0 Å². The number of hydrogen-bond donors (Lipinski definition) is 2. The zero-order chi connectivity index (χ0) is 10.9. The minimum absolute atomic E-state index is 0.0129. The van der Waals surface area contributed by atoms with Crippen LogP contribution in [0, 0.1) is 6.92 Å². The summed E-state index contributed by atoms with van der Waals surface area (Å²) in [5.41, 5.74) is 1.50. The van der Waals surface area contributed by atoms with E-state index in [9.17, 15) is 15.0 Å². The molecule has 0 aliphatic carbocycles. The molecule has 0 fully saturated rings. The minimum Gasteiger partial charge on any atom is -0.504 e. The lowest BCUT2D eigenvalue weighted by atomic mass is 10.0. The van der Waals surface area contributed by atoms with Crippen molar-refractivity contribution < 1.29 is 15.0 Å². The number of aromatic hydroxyl groups is 2. The highest BCUT2D eigenvalue weighted by Gasteiger charge is 2.14. The zero-order valence-corrected chi connectivity index (χ0v) is 9.55. The molecule has 0 amide bonds. The third-order valence-corrected chi connectivity index (χ3v) is 2.82. The van der Waals surface area contributed by atoms with E-state index >= 15 is 0 Å². The minimum atomic E-state index is -0.216. The lowest BCUT2D eigenvalue weighted by molar-refractivity contribution is -0.116. The predicted molar refractivity (Wildman–Crippen MR) is 56.6 cm³/mol. The number of benzene rings is 1. The number of aryl methyl sites for hydroxylation is 1. The van der Waals surface area contributed by atoms with E-state index in [4.69, 9.17) is 0 Å². The molecule has 0 aromatic heterocycles. The van der Waals surface area contributed by atoms with Crippen molar-refractivity contribution in [2.45, 2.75) is 20.3 Å². The van der Waals surface area contributed by atoms with E-state index in [0.717, 1.165) is 5.56 Å². The first-order valence-electron chi connectivity index (χ1n) is 4.12. The van der Waals surface area contributed by atoms with Gasteiger partial charge in [-0.1, -0.05) is 0 Å². The van der Waals surface area contributed by atoms with E-state index in [-0.39, 0.29) is 23.7 Å². The molecular formula is C10H11BrO3. The van der Waals surface area contributed by atoms with Crippen LogP contribution in [-0.2, 0) is 11.2 Å². The largest absolute Gasteiger partial charge is 0.504 e. The van der Waals surface area contributed by atoms with Crippen LogP contribution in [0.3, 0.4) is 0 Å². The topological polar surface area (TPSA) is 57.5 Å². The number of rotatable bonds is 2. The van der Waals surface area contributed by atoms with Gasteiger partial charge in [-0.25, -0.2) is 0 Å². The van der Waals surface area contributed by atoms with Gasteiger partial charge in [0, 0.05) is 6.42 Å². The lowest BCUT2D eigenvalue weighted by Crippen LogP contribution is -2.00. The van der Waals surface area contributed by atoms with Gasteiger partial charge in [0.05, 0.1) is 4.47 Å². The molecule has 1 aromatic carbocycles. The van der Waals surface area contributed by atoms with Gasteiger partial charge in [-0.15, -0.1) is 0 Å². The van der Waals surface area contributed by atoms with Gasteiger partial charge in [0.1, 0.15) is 5.78 Å². The number of ketones is 1. The van der Waals surface area contributed by atoms with Gasteiger partial charge in [-0.2, -0.15) is 0 Å². The normalized spacial score (nSPS) is 10.2. The van der Waals surface area contributed by atoms with Crippen LogP contribution in [0.5, 0.6) is 11.5 Å². The highest BCUT2D eigenvalue weighted by Crippen LogP contribution is 2.38. The first-order chi connectivity index (χ1) is 6.43. The summed E-state index contributed by atoms with van der Waals surface area (Å²) in [7, 11) is 0. The Kier molecular flexibility index (Phi) is 3.16. The molecule has 1 aromatic rings. The molecule has 0 bridgehead atoms. The molecule has 2 N–H and O–H groups in total. The van der Waals surface area contributed by atoms with Gasteiger partial charge in [-0.3, -0.25) is 4.79 Å². The average Bonchev–Trinajstić information content (AvgIpc) is 2.09. The van der Waals surface area contributed by atoms with E-state index < -0.39 is 0 Å². The molecule has 3 nitrogen and oxygen atoms in total. The molecule has 0 unspecified atom stereocenters. The fourth-order valence-electron chi connectivity index (χ4n) is 1.25. The molecule has 4 heteroatoms. The molecule has 0 saturated heterocycles. The summed E-state index contributed by atoms with van der Waals surface area (Å²) in [6, 6.07) is 1.44. The van der Waals surface area contributed by atoms with Crippen LogP contribution < -0.4 is 0 Å². The van der Waals surface area contributed by atoms with Crippen molar-refractivity contribution in [3.05, 3.63) is 21.7 Å². The quantitative estimate of drug-likeness (QED) is 0.801. The molecule has 0 heterocycles. The fraction of sp³-hybridized carbons (Fsp3) is 0.300. The molecule has 76 valence electrons. The monoisotopic (exact) mass is 258 g/mol. The van der Waals surface area contributed by atoms with Gasteiger partial charge in [0.15, 0.2) is 11.5 Å². The van der Waals surface area contributed by atoms with Crippen molar-refractivity contribution >= 4 is 21.7 Å². The summed E-state index contributed by atoms with van der Waals surface area (Å²) in [6.07, 6.45) is 0.250. The summed E-state index contributed by atoms with van der Waals surface area (Å²) < 4.78 is 0.394. The summed E-state index contributed by atoms with van der Waals surface area (Å²) in [4.78, 5) is 10.9. The number of Topliss-reactive ketones (excluding diaryl/α,β-unsaturated/α-hetero) is 1. The van der Waals surface area contributed by atoms with Crippen molar-refractivity contribution in [1.82, 2.24) is 0 Å². The molecule has 0 saturated carbocycles. The SMILES string of the molecule is CC(=O)Cc1c(C)cc(O)c(O)c1Br. The molecule has 0 spiro atoms. The van der Waals surface area contributed by atoms with E-state index in [2.05, 4.69) is 15.9 Å². The number of carbonyl (C=O) groups excluding carboxylic acids is 1. The Morgan fingerprint density at radius 1 is 1.50 bits per heavy atom. The highest BCUT2D eigenvalue weighted by atomic mass is 79.9. The summed E-state index contributed by atoms with van der Waals surface area (Å²) in [5.74, 6) is -0.382. The van der Waals surface area contributed by atoms with Crippen LogP contribution >= 0.6 is 15.9 Å². The smallest absolute Gasteiger partial charge is 0.172 e. The first-order valence-corrected chi connectivity index (χ1v) is 4.92. The van der Waals surface area contributed by atoms with Gasteiger partial charge in [0.25, 0.3) is 0 Å². The Balaban J connectivity index is 3.29. The van der Waals surface area contributed by atoms with Crippen LogP contribution in [0.15, 0.2) is 10.5 Å². The standard InChI is InChI=1S/C10H11BrO3/c1-5-3-8(13)10(14)9(11)7(5)4-6(2)12/h3,13-14H,4H2,1-2H3. The number of phenols is 2. The Morgan fingerprint density at radius 2 is 2.07 bits per heavy atom. The van der Waals surface area contributed by atoms with Crippen LogP contribution in [-0.4, -0.2) is 16.0 Å². The Hall–Kier alpha value is -1.03. The average molecular weight is 259 g/mol. The molecular weight excluding hydrogens is 248 g/mol. The van der Waals surface area contributed by atoms with Crippen LogP contribution in [0.1, 0.15) is 18.1 Å². The third-order valence-electron chi connectivity index (χ3n) is 1.97. The van der Waals surface area contributed by atoms with Crippen LogP contribution in [0.2, 0.25) is 0 Å². The second-order valence-corrected chi connectivity index (χ2v) is 4.03. The first kappa shape index (κ1) is 11.0. The van der Waals surface area contributed by atoms with E-state index in [1.54, 1.807) is 6.92 Å². The van der Waals surface area contributed by atoms with Crippen molar-refractivity contribution in [3.63, 3.8) is 0 Å². The maximum Gasteiger partial charge on any atom is 0.172 e. The third kappa shape index (κ3) is 2.07. The molecule has 0 aliphatic heterocycles. The number of halogens is 1. The zero-order valence-electron chi connectivity index (χ0n) is 7.97. The van der Waals surface area contributed by atoms with Gasteiger partial charge >= 0.3 is 0 Å². The number of carbonyl (C=O) groups is 1. The maximum atomic E-state index is 10.9. The Morgan fingerprint density at radius 3 is 2.57 bits per heavy atom. The van der Waals surface area contributed by atoms with E-state index in [0.29, 0.717) is 10.0 Å². The van der Waals surface area contributed by atoms with Crippen molar-refractivity contribution in [3.8, 4) is 11.5 Å². The molecule has 1 rings (SSSR count). The fourth-order valence-corrected chi connectivity index (χ4v) is 1.91. The van der Waals surface area contributed by atoms with Crippen molar-refractivity contribution in [2.75, 3.05) is 0 Å². The van der Waals surface area contributed by atoms with Crippen molar-refractivity contribution in [2.24, 2.45) is 0 Å². The van der Waals surface area contributed by atoms with Gasteiger partial charge in [0.2, 0.25) is 0 Å². The molecule has 0 atom stereocenters. The van der Waals surface area contributed by atoms with Gasteiger partial charge in [-0.05, 0) is 47.0 Å². The number of phenolic OH excluding ortho intramolecular Hbond substituents is 2. The van der Waals surface area contributed by atoms with Crippen LogP contribution in [0.4, 0.5) is 0 Å². The summed E-state index contributed by atoms with van der Waals surface area (Å²) in [5, 5.41) is 18.7. The maximum absolute atomic E-state index is 10.9. The molecule has 0 radical (unpaired) electrons. The highest BCUT2D eigenvalue weighted by molar-refractivity contribution is 9.10. The number of hydrogen-bond acceptors (Lipinski definition) is 3. The van der Waals surface area contributed by atoms with Gasteiger partial charge < -0.3 is 10.2 Å². The Labute approximate surface area is 90.5 Å². The summed E-state index contributed by atoms with van der Waals surface area (Å²) >= 11 is 3.15.